The Balaban J connectivity index is 1.90. The molecule has 0 bridgehead atoms. The monoisotopic (exact) mass is 500 g/mol. The van der Waals surface area contributed by atoms with Crippen molar-refractivity contribution in [2.24, 2.45) is 0 Å². The van der Waals surface area contributed by atoms with Crippen molar-refractivity contribution < 1.29 is 28.6 Å². The second kappa shape index (κ2) is 9.36. The maximum absolute atomic E-state index is 13.4. The Hall–Kier alpha value is -3.56. The summed E-state index contributed by atoms with van der Waals surface area (Å²) in [6.45, 7) is 3.43. The van der Waals surface area contributed by atoms with E-state index in [-0.39, 0.29) is 27.8 Å². The number of carbonyl (C=O) groups is 3. The van der Waals surface area contributed by atoms with E-state index < -0.39 is 35.3 Å². The number of hydrogen-bond acceptors (Lipinski definition) is 7. The van der Waals surface area contributed by atoms with Crippen molar-refractivity contribution in [2.75, 3.05) is 11.5 Å². The van der Waals surface area contributed by atoms with Crippen molar-refractivity contribution in [1.29, 1.82) is 0 Å². The SMILES string of the molecule is CCOC(=O)c1sc(N2C(=O)C(=O)/C(=C(/O)c3ccc(F)cc3)C2c2ccc(Cl)cc2)nc1C. The summed E-state index contributed by atoms with van der Waals surface area (Å²) in [4.78, 5) is 44.3. The number of thiazole rings is 1. The van der Waals surface area contributed by atoms with Gasteiger partial charge in [-0.2, -0.15) is 0 Å². The number of carbonyl (C=O) groups excluding carboxylic acids is 3. The molecule has 1 amide bonds. The van der Waals surface area contributed by atoms with Gasteiger partial charge in [0, 0.05) is 10.6 Å². The highest BCUT2D eigenvalue weighted by molar-refractivity contribution is 7.17. The molecule has 1 fully saturated rings. The maximum Gasteiger partial charge on any atom is 0.350 e. The van der Waals surface area contributed by atoms with Crippen molar-refractivity contribution in [2.45, 2.75) is 19.9 Å². The molecule has 3 aromatic rings. The maximum atomic E-state index is 13.4. The molecule has 1 aromatic heterocycles. The average Bonchev–Trinajstić information content (AvgIpc) is 3.31. The van der Waals surface area contributed by atoms with E-state index in [4.69, 9.17) is 16.3 Å². The van der Waals surface area contributed by atoms with Crippen molar-refractivity contribution in [3.8, 4) is 0 Å². The Morgan fingerprint density at radius 3 is 2.44 bits per heavy atom. The summed E-state index contributed by atoms with van der Waals surface area (Å²) in [6, 6.07) is 10.3. The van der Waals surface area contributed by atoms with Crippen LogP contribution < -0.4 is 4.90 Å². The summed E-state index contributed by atoms with van der Waals surface area (Å²) in [5, 5.41) is 11.5. The first kappa shape index (κ1) is 23.6. The Kier molecular flexibility index (Phi) is 6.49. The number of Topliss-reactive ketones (excluding diaryl/α,β-unsaturated/α-hetero) is 1. The van der Waals surface area contributed by atoms with Gasteiger partial charge in [-0.15, -0.1) is 0 Å². The number of aliphatic hydroxyl groups excluding tert-OH is 1. The average molecular weight is 501 g/mol. The van der Waals surface area contributed by atoms with Crippen LogP contribution in [0, 0.1) is 12.7 Å². The Morgan fingerprint density at radius 1 is 1.18 bits per heavy atom. The molecule has 1 aliphatic heterocycles. The summed E-state index contributed by atoms with van der Waals surface area (Å²) in [7, 11) is 0. The molecule has 0 saturated carbocycles. The van der Waals surface area contributed by atoms with Gasteiger partial charge in [0.1, 0.15) is 16.5 Å². The summed E-state index contributed by atoms with van der Waals surface area (Å²) in [6.07, 6.45) is 0. The molecule has 0 spiro atoms. The largest absolute Gasteiger partial charge is 0.507 e. The van der Waals surface area contributed by atoms with Gasteiger partial charge in [-0.3, -0.25) is 14.5 Å². The van der Waals surface area contributed by atoms with Crippen molar-refractivity contribution in [1.82, 2.24) is 4.98 Å². The number of aliphatic hydroxyl groups is 1. The van der Waals surface area contributed by atoms with Gasteiger partial charge >= 0.3 is 11.9 Å². The molecule has 2 heterocycles. The number of ether oxygens (including phenoxy) is 1. The number of aromatic nitrogens is 1. The number of amides is 1. The van der Waals surface area contributed by atoms with E-state index in [2.05, 4.69) is 4.98 Å². The standard InChI is InChI=1S/C24H18ClFN2O5S/c1-3-33-23(32)21-12(2)27-24(34-21)28-18(13-4-8-15(25)9-5-13)17(20(30)22(28)31)19(29)14-6-10-16(26)11-7-14/h4-11,18,29H,3H2,1-2H3/b19-17+. The quantitative estimate of drug-likeness (QED) is 0.228. The minimum atomic E-state index is -1.05. The predicted octanol–water partition coefficient (Wildman–Crippen LogP) is 5.05. The van der Waals surface area contributed by atoms with Gasteiger partial charge in [-0.1, -0.05) is 35.1 Å². The van der Waals surface area contributed by atoms with Crippen LogP contribution in [0.25, 0.3) is 5.76 Å². The van der Waals surface area contributed by atoms with Crippen LogP contribution in [0.15, 0.2) is 54.1 Å². The zero-order chi connectivity index (χ0) is 24.6. The number of halogens is 2. The third kappa shape index (κ3) is 4.20. The molecule has 1 unspecified atom stereocenters. The van der Waals surface area contributed by atoms with E-state index in [1.54, 1.807) is 38.1 Å². The van der Waals surface area contributed by atoms with Crippen LogP contribution >= 0.6 is 22.9 Å². The van der Waals surface area contributed by atoms with Gasteiger partial charge in [-0.25, -0.2) is 14.2 Å². The number of benzene rings is 2. The second-order valence-electron chi connectivity index (χ2n) is 7.36. The topological polar surface area (TPSA) is 96.8 Å². The zero-order valence-corrected chi connectivity index (χ0v) is 19.6. The summed E-state index contributed by atoms with van der Waals surface area (Å²) in [5.41, 5.74) is 0.803. The predicted molar refractivity (Wildman–Crippen MR) is 125 cm³/mol. The van der Waals surface area contributed by atoms with E-state index in [1.807, 2.05) is 0 Å². The minimum absolute atomic E-state index is 0.0979. The van der Waals surface area contributed by atoms with E-state index in [0.29, 0.717) is 16.3 Å². The van der Waals surface area contributed by atoms with Gasteiger partial charge in [0.05, 0.1) is 23.9 Å². The van der Waals surface area contributed by atoms with Crippen LogP contribution in [-0.4, -0.2) is 34.4 Å². The van der Waals surface area contributed by atoms with E-state index in [1.165, 1.54) is 12.1 Å². The van der Waals surface area contributed by atoms with E-state index >= 15 is 0 Å². The summed E-state index contributed by atoms with van der Waals surface area (Å²) < 4.78 is 18.5. The lowest BCUT2D eigenvalue weighted by Gasteiger charge is -2.23. The molecule has 174 valence electrons. The summed E-state index contributed by atoms with van der Waals surface area (Å²) >= 11 is 6.93. The van der Waals surface area contributed by atoms with E-state index in [0.717, 1.165) is 28.4 Å². The lowest BCUT2D eigenvalue weighted by Crippen LogP contribution is -2.29. The third-order valence-electron chi connectivity index (χ3n) is 5.20. The van der Waals surface area contributed by atoms with Gasteiger partial charge in [0.25, 0.3) is 5.78 Å². The second-order valence-corrected chi connectivity index (χ2v) is 8.77. The number of nitrogens with zero attached hydrogens (tertiary/aromatic N) is 2. The third-order valence-corrected chi connectivity index (χ3v) is 6.59. The first-order valence-corrected chi connectivity index (χ1v) is 11.4. The van der Waals surface area contributed by atoms with Crippen molar-refractivity contribution >= 4 is 51.5 Å². The van der Waals surface area contributed by atoms with Gasteiger partial charge in [0.15, 0.2) is 5.13 Å². The lowest BCUT2D eigenvalue weighted by molar-refractivity contribution is -0.132. The number of rotatable bonds is 5. The number of ketones is 1. The molecule has 1 N–H and O–H groups in total. The van der Waals surface area contributed by atoms with Gasteiger partial charge < -0.3 is 9.84 Å². The Morgan fingerprint density at radius 2 is 1.82 bits per heavy atom. The highest BCUT2D eigenvalue weighted by Crippen LogP contribution is 2.44. The molecule has 10 heteroatoms. The van der Waals surface area contributed by atoms with Crippen LogP contribution in [0.4, 0.5) is 9.52 Å². The fourth-order valence-corrected chi connectivity index (χ4v) is 4.74. The van der Waals surface area contributed by atoms with E-state index in [9.17, 15) is 23.9 Å². The molecule has 2 aromatic carbocycles. The first-order valence-electron chi connectivity index (χ1n) is 10.2. The molecule has 34 heavy (non-hydrogen) atoms. The fourth-order valence-electron chi connectivity index (χ4n) is 3.62. The minimum Gasteiger partial charge on any atom is -0.507 e. The molecule has 7 nitrogen and oxygen atoms in total. The normalized spacial score (nSPS) is 17.3. The van der Waals surface area contributed by atoms with Crippen molar-refractivity contribution in [3.05, 3.63) is 86.6 Å². The highest BCUT2D eigenvalue weighted by Gasteiger charge is 2.48. The smallest absolute Gasteiger partial charge is 0.350 e. The number of aryl methyl sites for hydroxylation is 1. The molecule has 0 radical (unpaired) electrons. The Labute approximate surface area is 203 Å². The molecule has 4 rings (SSSR count). The molecule has 1 atom stereocenters. The zero-order valence-electron chi connectivity index (χ0n) is 18.0. The van der Waals surface area contributed by atoms with Crippen LogP contribution in [0.2, 0.25) is 5.02 Å². The molecule has 1 aliphatic rings. The highest BCUT2D eigenvalue weighted by atomic mass is 35.5. The van der Waals surface area contributed by atoms with Gasteiger partial charge in [-0.05, 0) is 55.8 Å². The van der Waals surface area contributed by atoms with Crippen LogP contribution in [0.3, 0.4) is 0 Å². The lowest BCUT2D eigenvalue weighted by atomic mass is 9.95. The molecular weight excluding hydrogens is 483 g/mol. The fraction of sp³-hybridized carbons (Fsp3) is 0.167. The Bertz CT molecular complexity index is 1320. The molecule has 0 aliphatic carbocycles. The number of hydrogen-bond donors (Lipinski definition) is 1. The van der Waals surface area contributed by atoms with Crippen LogP contribution in [-0.2, 0) is 14.3 Å². The number of anilines is 1. The summed E-state index contributed by atoms with van der Waals surface area (Å²) in [5.74, 6) is -3.43. The van der Waals surface area contributed by atoms with Crippen LogP contribution in [0.5, 0.6) is 0 Å². The molecule has 1 saturated heterocycles. The van der Waals surface area contributed by atoms with Gasteiger partial charge in [0.2, 0.25) is 0 Å². The van der Waals surface area contributed by atoms with Crippen molar-refractivity contribution in [3.63, 3.8) is 0 Å². The number of esters is 1. The first-order chi connectivity index (χ1) is 16.2. The molecular formula is C24H18ClFN2O5S. The van der Waals surface area contributed by atoms with Crippen LogP contribution in [0.1, 0.15) is 39.5 Å².